The maximum Gasteiger partial charge on any atom is 0.327 e. The Kier molecular flexibility index (Phi) is 3.72. The molecule has 1 atom stereocenters. The van der Waals surface area contributed by atoms with Crippen LogP contribution >= 0.6 is 11.6 Å². The monoisotopic (exact) mass is 262 g/mol. The fourth-order valence-electron chi connectivity index (χ4n) is 1.03. The zero-order valence-electron chi connectivity index (χ0n) is 7.53. The average Bonchev–Trinajstić information content (AvgIpc) is 2.20. The van der Waals surface area contributed by atoms with Crippen molar-refractivity contribution >= 4 is 11.6 Å². The SMILES string of the molecule is Fc1ccc(F)c(C(Cl)C(F)(F)C(F)F)c1. The van der Waals surface area contributed by atoms with E-state index in [0.717, 1.165) is 0 Å². The predicted octanol–water partition coefficient (Wildman–Crippen LogP) is 4.15. The summed E-state index contributed by atoms with van der Waals surface area (Å²) in [4.78, 5) is 0. The molecule has 0 saturated heterocycles. The summed E-state index contributed by atoms with van der Waals surface area (Å²) in [5, 5.41) is -2.62. The number of hydrogen-bond acceptors (Lipinski definition) is 0. The van der Waals surface area contributed by atoms with E-state index in [2.05, 4.69) is 0 Å². The van der Waals surface area contributed by atoms with Crippen LogP contribution in [0.25, 0.3) is 0 Å². The van der Waals surface area contributed by atoms with Crippen molar-refractivity contribution in [3.05, 3.63) is 35.4 Å². The first-order valence-corrected chi connectivity index (χ1v) is 4.45. The molecule has 1 unspecified atom stereocenters. The third-order valence-electron chi connectivity index (χ3n) is 1.86. The molecule has 0 heterocycles. The summed E-state index contributed by atoms with van der Waals surface area (Å²) in [6, 6.07) is 1.58. The third-order valence-corrected chi connectivity index (χ3v) is 2.39. The van der Waals surface area contributed by atoms with Gasteiger partial charge in [0.25, 0.3) is 0 Å². The second-order valence-electron chi connectivity index (χ2n) is 3.00. The number of hydrogen-bond donors (Lipinski definition) is 0. The molecule has 0 fully saturated rings. The number of halogens is 7. The van der Waals surface area contributed by atoms with Crippen molar-refractivity contribution in [3.63, 3.8) is 0 Å². The van der Waals surface area contributed by atoms with Crippen LogP contribution in [-0.4, -0.2) is 12.3 Å². The smallest absolute Gasteiger partial charge is 0.207 e. The van der Waals surface area contributed by atoms with Crippen LogP contribution in [0.2, 0.25) is 0 Å². The van der Waals surface area contributed by atoms with E-state index in [0.29, 0.717) is 18.2 Å². The van der Waals surface area contributed by atoms with Gasteiger partial charge in [-0.3, -0.25) is 0 Å². The molecule has 16 heavy (non-hydrogen) atoms. The quantitative estimate of drug-likeness (QED) is 0.567. The molecule has 0 radical (unpaired) electrons. The molecule has 0 bridgehead atoms. The molecule has 0 aliphatic carbocycles. The van der Waals surface area contributed by atoms with Gasteiger partial charge in [0.2, 0.25) is 0 Å². The van der Waals surface area contributed by atoms with E-state index < -0.39 is 34.9 Å². The summed E-state index contributed by atoms with van der Waals surface area (Å²) in [5.41, 5.74) is -0.994. The van der Waals surface area contributed by atoms with Crippen LogP contribution in [0.5, 0.6) is 0 Å². The van der Waals surface area contributed by atoms with Gasteiger partial charge >= 0.3 is 12.3 Å². The standard InChI is InChI=1S/C9H5ClF6/c10-7(9(15,16)8(13)14)5-3-4(11)1-2-6(5)12/h1-3,7-8H. The van der Waals surface area contributed by atoms with E-state index in [9.17, 15) is 26.3 Å². The molecule has 0 saturated carbocycles. The van der Waals surface area contributed by atoms with Crippen molar-refractivity contribution in [3.8, 4) is 0 Å². The third kappa shape index (κ3) is 2.42. The van der Waals surface area contributed by atoms with Gasteiger partial charge in [-0.05, 0) is 18.2 Å². The molecule has 0 N–H and O–H groups in total. The lowest BCUT2D eigenvalue weighted by molar-refractivity contribution is -0.131. The first-order chi connectivity index (χ1) is 7.26. The van der Waals surface area contributed by atoms with Crippen molar-refractivity contribution in [2.45, 2.75) is 17.7 Å². The minimum atomic E-state index is -4.63. The Morgan fingerprint density at radius 3 is 2.19 bits per heavy atom. The molecule has 90 valence electrons. The summed E-state index contributed by atoms with van der Waals surface area (Å²) < 4.78 is 75.0. The van der Waals surface area contributed by atoms with Crippen LogP contribution in [-0.2, 0) is 0 Å². The van der Waals surface area contributed by atoms with Crippen LogP contribution in [0.1, 0.15) is 10.9 Å². The van der Waals surface area contributed by atoms with Crippen LogP contribution in [0, 0.1) is 11.6 Å². The van der Waals surface area contributed by atoms with Gasteiger partial charge in [0.05, 0.1) is 0 Å². The molecule has 1 aromatic rings. The minimum absolute atomic E-state index is 0.364. The Balaban J connectivity index is 3.14. The van der Waals surface area contributed by atoms with Gasteiger partial charge in [-0.25, -0.2) is 17.6 Å². The second kappa shape index (κ2) is 4.53. The highest BCUT2D eigenvalue weighted by molar-refractivity contribution is 6.21. The van der Waals surface area contributed by atoms with Crippen molar-refractivity contribution < 1.29 is 26.3 Å². The van der Waals surface area contributed by atoms with Gasteiger partial charge in [-0.2, -0.15) is 8.78 Å². The maximum absolute atomic E-state index is 13.0. The zero-order chi connectivity index (χ0) is 12.5. The van der Waals surface area contributed by atoms with E-state index in [1.807, 2.05) is 0 Å². The Morgan fingerprint density at radius 2 is 1.69 bits per heavy atom. The highest BCUT2D eigenvalue weighted by atomic mass is 35.5. The lowest BCUT2D eigenvalue weighted by Crippen LogP contribution is -2.32. The Labute approximate surface area is 91.8 Å². The lowest BCUT2D eigenvalue weighted by Gasteiger charge is -2.21. The number of alkyl halides is 5. The number of rotatable bonds is 3. The Morgan fingerprint density at radius 1 is 1.12 bits per heavy atom. The van der Waals surface area contributed by atoms with Gasteiger partial charge in [-0.1, -0.05) is 0 Å². The Hall–Kier alpha value is -0.910. The van der Waals surface area contributed by atoms with Gasteiger partial charge in [0.15, 0.2) is 0 Å². The Bertz CT molecular complexity index is 378. The van der Waals surface area contributed by atoms with E-state index in [1.165, 1.54) is 0 Å². The minimum Gasteiger partial charge on any atom is -0.207 e. The first-order valence-electron chi connectivity index (χ1n) is 4.01. The summed E-state index contributed by atoms with van der Waals surface area (Å²) in [6.07, 6.45) is -4.06. The largest absolute Gasteiger partial charge is 0.327 e. The summed E-state index contributed by atoms with van der Waals surface area (Å²) >= 11 is 5.03. The molecule has 0 nitrogen and oxygen atoms in total. The van der Waals surface area contributed by atoms with Crippen molar-refractivity contribution in [2.75, 3.05) is 0 Å². The van der Waals surface area contributed by atoms with E-state index >= 15 is 0 Å². The molecular formula is C9H5ClF6. The molecule has 0 aliphatic rings. The highest BCUT2D eigenvalue weighted by Crippen LogP contribution is 2.42. The van der Waals surface area contributed by atoms with E-state index in [1.54, 1.807) is 0 Å². The van der Waals surface area contributed by atoms with Crippen molar-refractivity contribution in [1.82, 2.24) is 0 Å². The zero-order valence-corrected chi connectivity index (χ0v) is 8.29. The van der Waals surface area contributed by atoms with E-state index in [4.69, 9.17) is 11.6 Å². The molecule has 0 aromatic heterocycles. The van der Waals surface area contributed by atoms with Gasteiger partial charge in [0, 0.05) is 5.56 Å². The average molecular weight is 263 g/mol. The van der Waals surface area contributed by atoms with Crippen LogP contribution < -0.4 is 0 Å². The van der Waals surface area contributed by atoms with Gasteiger partial charge in [0.1, 0.15) is 17.0 Å². The highest BCUT2D eigenvalue weighted by Gasteiger charge is 2.49. The predicted molar refractivity (Wildman–Crippen MR) is 45.9 cm³/mol. The molecule has 0 spiro atoms. The van der Waals surface area contributed by atoms with Crippen LogP contribution in [0.4, 0.5) is 26.3 Å². The summed E-state index contributed by atoms with van der Waals surface area (Å²) in [7, 11) is 0. The van der Waals surface area contributed by atoms with Gasteiger partial charge < -0.3 is 0 Å². The first kappa shape index (κ1) is 13.2. The summed E-state index contributed by atoms with van der Waals surface area (Å²) in [6.45, 7) is 0. The molecule has 1 rings (SSSR count). The van der Waals surface area contributed by atoms with Crippen LogP contribution in [0.3, 0.4) is 0 Å². The maximum atomic E-state index is 13.0. The van der Waals surface area contributed by atoms with Gasteiger partial charge in [-0.15, -0.1) is 11.6 Å². The van der Waals surface area contributed by atoms with E-state index in [-0.39, 0.29) is 0 Å². The molecule has 0 aliphatic heterocycles. The molecular weight excluding hydrogens is 258 g/mol. The second-order valence-corrected chi connectivity index (χ2v) is 3.44. The van der Waals surface area contributed by atoms with Crippen molar-refractivity contribution in [2.24, 2.45) is 0 Å². The molecule has 0 amide bonds. The van der Waals surface area contributed by atoms with Crippen molar-refractivity contribution in [1.29, 1.82) is 0 Å². The van der Waals surface area contributed by atoms with Crippen LogP contribution in [0.15, 0.2) is 18.2 Å². The topological polar surface area (TPSA) is 0 Å². The summed E-state index contributed by atoms with van der Waals surface area (Å²) in [5.74, 6) is -6.93. The normalized spacial score (nSPS) is 14.2. The fourth-order valence-corrected chi connectivity index (χ4v) is 1.29. The lowest BCUT2D eigenvalue weighted by atomic mass is 10.1. The molecule has 7 heteroatoms. The fraction of sp³-hybridized carbons (Fsp3) is 0.333. The molecule has 1 aromatic carbocycles. The number of benzene rings is 1.